The third-order valence-electron chi connectivity index (χ3n) is 5.69. The van der Waals surface area contributed by atoms with Crippen molar-refractivity contribution in [2.75, 3.05) is 18.5 Å². The van der Waals surface area contributed by atoms with Gasteiger partial charge in [0, 0.05) is 49.1 Å². The lowest BCUT2D eigenvalue weighted by Gasteiger charge is -2.22. The predicted octanol–water partition coefficient (Wildman–Crippen LogP) is 4.23. The number of fused-ring (bicyclic) bond motifs is 2. The molecule has 2 aliphatic heterocycles. The van der Waals surface area contributed by atoms with E-state index in [1.807, 2.05) is 24.4 Å². The summed E-state index contributed by atoms with van der Waals surface area (Å²) in [6.07, 6.45) is 2.81. The van der Waals surface area contributed by atoms with E-state index >= 15 is 0 Å². The largest absolute Gasteiger partial charge is 0.381 e. The smallest absolute Gasteiger partial charge is 0.241 e. The zero-order valence-corrected chi connectivity index (χ0v) is 16.6. The summed E-state index contributed by atoms with van der Waals surface area (Å²) in [6.45, 7) is 3.27. The van der Waals surface area contributed by atoms with Crippen molar-refractivity contribution in [2.24, 2.45) is 4.99 Å². The molecule has 0 aromatic carbocycles. The molecule has 0 bridgehead atoms. The molecule has 0 aliphatic carbocycles. The van der Waals surface area contributed by atoms with Gasteiger partial charge in [-0.1, -0.05) is 0 Å². The number of pyridine rings is 1. The van der Waals surface area contributed by atoms with Gasteiger partial charge in [-0.3, -0.25) is 4.99 Å². The van der Waals surface area contributed by atoms with Gasteiger partial charge in [0.25, 0.3) is 0 Å². The normalized spacial score (nSPS) is 19.3. The maximum absolute atomic E-state index is 13.0. The molecule has 1 fully saturated rings. The lowest BCUT2D eigenvalue weighted by atomic mass is 9.97. The Morgan fingerprint density at radius 1 is 1.23 bits per heavy atom. The summed E-state index contributed by atoms with van der Waals surface area (Å²) in [6, 6.07) is 5.93. The lowest BCUT2D eigenvalue weighted by molar-refractivity contribution is 0.0903. The minimum Gasteiger partial charge on any atom is -0.381 e. The van der Waals surface area contributed by atoms with Crippen molar-refractivity contribution in [3.05, 3.63) is 36.3 Å². The van der Waals surface area contributed by atoms with Crippen molar-refractivity contribution in [3.8, 4) is 11.3 Å². The van der Waals surface area contributed by atoms with Crippen molar-refractivity contribution < 1.29 is 13.5 Å². The van der Waals surface area contributed by atoms with Crippen LogP contribution < -0.4 is 5.32 Å². The Morgan fingerprint density at radius 3 is 2.87 bits per heavy atom. The summed E-state index contributed by atoms with van der Waals surface area (Å²) in [5.74, 6) is 0.125. The van der Waals surface area contributed by atoms with Crippen LogP contribution in [0.3, 0.4) is 0 Å². The maximum Gasteiger partial charge on any atom is 0.241 e. The van der Waals surface area contributed by atoms with Crippen molar-refractivity contribution in [1.82, 2.24) is 19.6 Å². The first-order valence-corrected chi connectivity index (χ1v) is 10.1. The molecular formula is C21H22F2N6O. The topological polar surface area (TPSA) is 76.7 Å². The van der Waals surface area contributed by atoms with E-state index in [0.29, 0.717) is 34.8 Å². The highest BCUT2D eigenvalue weighted by molar-refractivity contribution is 5.96. The average molecular weight is 412 g/mol. The van der Waals surface area contributed by atoms with Crippen LogP contribution in [-0.2, 0) is 4.74 Å². The second-order valence-corrected chi connectivity index (χ2v) is 7.71. The summed E-state index contributed by atoms with van der Waals surface area (Å²) in [7, 11) is 0. The number of halogens is 2. The number of hydrogen-bond donors (Lipinski definition) is 1. The number of ether oxygens (including phenoxy) is 1. The first-order chi connectivity index (χ1) is 14.6. The van der Waals surface area contributed by atoms with Crippen molar-refractivity contribution in [2.45, 2.75) is 44.6 Å². The Balaban J connectivity index is 1.44. The average Bonchev–Trinajstić information content (AvgIpc) is 3.29. The van der Waals surface area contributed by atoms with E-state index in [0.717, 1.165) is 37.1 Å². The number of aliphatic imine (C=N–C) groups is 1. The maximum atomic E-state index is 13.0. The Hall–Kier alpha value is -2.94. The van der Waals surface area contributed by atoms with Crippen LogP contribution in [0.2, 0.25) is 0 Å². The van der Waals surface area contributed by atoms with Gasteiger partial charge in [0.05, 0.1) is 28.8 Å². The highest BCUT2D eigenvalue weighted by Gasteiger charge is 2.29. The van der Waals surface area contributed by atoms with Gasteiger partial charge in [-0.2, -0.15) is 0 Å². The molecule has 0 radical (unpaired) electrons. The Kier molecular flexibility index (Phi) is 4.90. The van der Waals surface area contributed by atoms with Crippen LogP contribution in [0.5, 0.6) is 0 Å². The lowest BCUT2D eigenvalue weighted by Crippen LogP contribution is -2.28. The molecule has 1 saturated heterocycles. The SMILES string of the molecule is CC1=Nc2ccc(-c3ccn4nc(NC5CCOCC5)ncc34)nc2C1CC(F)F. The number of anilines is 1. The molecule has 0 spiro atoms. The van der Waals surface area contributed by atoms with Crippen LogP contribution in [0.25, 0.3) is 16.8 Å². The summed E-state index contributed by atoms with van der Waals surface area (Å²) in [4.78, 5) is 13.6. The minimum absolute atomic E-state index is 0.264. The highest BCUT2D eigenvalue weighted by Crippen LogP contribution is 2.39. The summed E-state index contributed by atoms with van der Waals surface area (Å²) in [5.41, 5.74) is 4.34. The van der Waals surface area contributed by atoms with E-state index < -0.39 is 12.3 Å². The fourth-order valence-corrected chi connectivity index (χ4v) is 4.10. The summed E-state index contributed by atoms with van der Waals surface area (Å²) < 4.78 is 33.2. The zero-order chi connectivity index (χ0) is 20.7. The second kappa shape index (κ2) is 7.71. The standard InChI is InChI=1S/C21H22F2N6O/c1-12-15(10-19(22)23)20-17(25-12)3-2-16(27-20)14-4-7-29-18(14)11-24-21(28-29)26-13-5-8-30-9-6-13/h2-4,7,11,13,15,19H,5-6,8-10H2,1H3,(H,26,28). The minimum atomic E-state index is -2.40. The highest BCUT2D eigenvalue weighted by atomic mass is 19.3. The number of rotatable bonds is 5. The van der Waals surface area contributed by atoms with E-state index in [1.54, 1.807) is 17.6 Å². The third kappa shape index (κ3) is 3.54. The first kappa shape index (κ1) is 19.0. The molecule has 9 heteroatoms. The molecule has 5 heterocycles. The van der Waals surface area contributed by atoms with Gasteiger partial charge in [0.1, 0.15) is 0 Å². The quantitative estimate of drug-likeness (QED) is 0.679. The second-order valence-electron chi connectivity index (χ2n) is 7.71. The monoisotopic (exact) mass is 412 g/mol. The van der Waals surface area contributed by atoms with Crippen molar-refractivity contribution in [1.29, 1.82) is 0 Å². The third-order valence-corrected chi connectivity index (χ3v) is 5.69. The summed E-state index contributed by atoms with van der Waals surface area (Å²) >= 11 is 0. The van der Waals surface area contributed by atoms with Gasteiger partial charge >= 0.3 is 0 Å². The van der Waals surface area contributed by atoms with E-state index in [-0.39, 0.29) is 6.42 Å². The molecule has 0 amide bonds. The molecular weight excluding hydrogens is 390 g/mol. The van der Waals surface area contributed by atoms with Gasteiger partial charge in [-0.25, -0.2) is 23.3 Å². The fraction of sp³-hybridized carbons (Fsp3) is 0.429. The zero-order valence-electron chi connectivity index (χ0n) is 16.6. The predicted molar refractivity (Wildman–Crippen MR) is 110 cm³/mol. The molecule has 3 aromatic heterocycles. The molecule has 1 atom stereocenters. The van der Waals surface area contributed by atoms with Crippen molar-refractivity contribution in [3.63, 3.8) is 0 Å². The van der Waals surface area contributed by atoms with Crippen LogP contribution in [0.1, 0.15) is 37.8 Å². The molecule has 1 N–H and O–H groups in total. The van der Waals surface area contributed by atoms with Gasteiger partial charge in [0.15, 0.2) is 0 Å². The molecule has 2 aliphatic rings. The number of aromatic nitrogens is 4. The van der Waals surface area contributed by atoms with E-state index in [4.69, 9.17) is 9.72 Å². The van der Waals surface area contributed by atoms with Crippen LogP contribution in [0.15, 0.2) is 35.6 Å². The Labute approximate surface area is 172 Å². The molecule has 3 aromatic rings. The Morgan fingerprint density at radius 2 is 2.07 bits per heavy atom. The van der Waals surface area contributed by atoms with Crippen molar-refractivity contribution >= 4 is 22.9 Å². The van der Waals surface area contributed by atoms with Crippen LogP contribution in [0.4, 0.5) is 20.4 Å². The van der Waals surface area contributed by atoms with E-state index in [1.165, 1.54) is 0 Å². The fourth-order valence-electron chi connectivity index (χ4n) is 4.10. The molecule has 5 rings (SSSR count). The summed E-state index contributed by atoms with van der Waals surface area (Å²) in [5, 5.41) is 7.92. The van der Waals surface area contributed by atoms with Gasteiger partial charge < -0.3 is 10.1 Å². The number of alkyl halides is 2. The number of nitrogens with one attached hydrogen (secondary N) is 1. The Bertz CT molecular complexity index is 1110. The van der Waals surface area contributed by atoms with Gasteiger partial charge in [-0.15, -0.1) is 5.10 Å². The molecule has 1 unspecified atom stereocenters. The van der Waals surface area contributed by atoms with Crippen LogP contribution >= 0.6 is 0 Å². The van der Waals surface area contributed by atoms with Gasteiger partial charge in [0.2, 0.25) is 12.4 Å². The van der Waals surface area contributed by atoms with Crippen LogP contribution in [-0.4, -0.2) is 51.0 Å². The van der Waals surface area contributed by atoms with Crippen LogP contribution in [0, 0.1) is 0 Å². The van der Waals surface area contributed by atoms with E-state index in [9.17, 15) is 8.78 Å². The van der Waals surface area contributed by atoms with E-state index in [2.05, 4.69) is 20.4 Å². The van der Waals surface area contributed by atoms with Gasteiger partial charge in [-0.05, 0) is 38.0 Å². The molecule has 156 valence electrons. The molecule has 0 saturated carbocycles. The first-order valence-electron chi connectivity index (χ1n) is 10.1. The molecule has 7 nitrogen and oxygen atoms in total. The number of hydrogen-bond acceptors (Lipinski definition) is 6. The number of nitrogens with zero attached hydrogens (tertiary/aromatic N) is 5. The molecule has 30 heavy (non-hydrogen) atoms.